The maximum absolute atomic E-state index is 11.9. The van der Waals surface area contributed by atoms with Crippen molar-refractivity contribution in [1.29, 1.82) is 0 Å². The molecule has 1 fully saturated rings. The summed E-state index contributed by atoms with van der Waals surface area (Å²) in [7, 11) is 5.58. The summed E-state index contributed by atoms with van der Waals surface area (Å²) in [4.78, 5) is 16.4. The number of amides is 1. The molecular weight excluding hydrogens is 246 g/mol. The molecule has 0 radical (unpaired) electrons. The molecule has 5 heteroatoms. The largest absolute Gasteiger partial charge is 0.397 e. The van der Waals surface area contributed by atoms with Gasteiger partial charge in [-0.25, -0.2) is 0 Å². The number of nitrogens with two attached hydrogens (primary N) is 1. The molecule has 4 nitrogen and oxygen atoms in total. The van der Waals surface area contributed by atoms with E-state index < -0.39 is 0 Å². The molecule has 0 unspecified atom stereocenters. The monoisotopic (exact) mass is 267 g/mol. The van der Waals surface area contributed by atoms with Crippen LogP contribution in [0.2, 0.25) is 0 Å². The highest BCUT2D eigenvalue weighted by Crippen LogP contribution is 2.34. The van der Waals surface area contributed by atoms with Gasteiger partial charge in [0, 0.05) is 27.7 Å². The van der Waals surface area contributed by atoms with Gasteiger partial charge >= 0.3 is 0 Å². The number of carbonyl (C=O) groups is 1. The number of carbonyl (C=O) groups excluding carboxylic acids is 1. The molecule has 0 bridgehead atoms. The Bertz CT molecular complexity index is 437. The molecule has 1 aliphatic carbocycles. The van der Waals surface area contributed by atoms with Gasteiger partial charge in [-0.3, -0.25) is 4.79 Å². The quantitative estimate of drug-likeness (QED) is 0.910. The second-order valence-corrected chi connectivity index (χ2v) is 6.28. The van der Waals surface area contributed by atoms with E-state index in [1.807, 2.05) is 6.07 Å². The van der Waals surface area contributed by atoms with Crippen LogP contribution in [0.25, 0.3) is 0 Å². The lowest BCUT2D eigenvalue weighted by molar-refractivity contribution is 0.0833. The standard InChI is InChI=1S/C13H21N3OS/c1-15(2)13(17)12-10(14)7-11(18-12)16(3)8-9-5-4-6-9/h7,9H,4-6,8,14H2,1-3H3. The van der Waals surface area contributed by atoms with Crippen LogP contribution in [0.1, 0.15) is 28.9 Å². The molecular formula is C13H21N3OS. The molecule has 1 amide bonds. The van der Waals surface area contributed by atoms with Crippen molar-refractivity contribution in [3.63, 3.8) is 0 Å². The summed E-state index contributed by atoms with van der Waals surface area (Å²) in [6.45, 7) is 1.07. The van der Waals surface area contributed by atoms with E-state index in [0.29, 0.717) is 10.6 Å². The first-order chi connectivity index (χ1) is 8.49. The van der Waals surface area contributed by atoms with Gasteiger partial charge in [-0.15, -0.1) is 11.3 Å². The second kappa shape index (κ2) is 5.18. The van der Waals surface area contributed by atoms with Crippen molar-refractivity contribution in [2.75, 3.05) is 38.3 Å². The summed E-state index contributed by atoms with van der Waals surface area (Å²) in [6.07, 6.45) is 4.01. The number of thiophene rings is 1. The van der Waals surface area contributed by atoms with Crippen molar-refractivity contribution in [3.05, 3.63) is 10.9 Å². The van der Waals surface area contributed by atoms with Crippen LogP contribution in [0, 0.1) is 5.92 Å². The van der Waals surface area contributed by atoms with E-state index in [1.54, 1.807) is 19.0 Å². The minimum absolute atomic E-state index is 0.0132. The molecule has 2 N–H and O–H groups in total. The van der Waals surface area contributed by atoms with Crippen LogP contribution in [-0.4, -0.2) is 38.5 Å². The third kappa shape index (κ3) is 2.61. The zero-order valence-corrected chi connectivity index (χ0v) is 12.1. The van der Waals surface area contributed by atoms with Gasteiger partial charge in [-0.05, 0) is 24.8 Å². The van der Waals surface area contributed by atoms with Crippen molar-refractivity contribution in [2.45, 2.75) is 19.3 Å². The van der Waals surface area contributed by atoms with Crippen molar-refractivity contribution in [1.82, 2.24) is 4.90 Å². The van der Waals surface area contributed by atoms with Gasteiger partial charge in [-0.1, -0.05) is 6.42 Å². The molecule has 2 rings (SSSR count). The fourth-order valence-corrected chi connectivity index (χ4v) is 3.17. The summed E-state index contributed by atoms with van der Waals surface area (Å²) in [6, 6.07) is 1.92. The highest BCUT2D eigenvalue weighted by atomic mass is 32.1. The topological polar surface area (TPSA) is 49.6 Å². The van der Waals surface area contributed by atoms with Crippen LogP contribution >= 0.6 is 11.3 Å². The number of nitrogens with zero attached hydrogens (tertiary/aromatic N) is 2. The normalized spacial score (nSPS) is 15.3. The summed E-state index contributed by atoms with van der Waals surface area (Å²) in [5.74, 6) is 0.798. The van der Waals surface area contributed by atoms with Crippen LogP contribution in [-0.2, 0) is 0 Å². The molecule has 0 spiro atoms. The number of hydrogen-bond acceptors (Lipinski definition) is 4. The van der Waals surface area contributed by atoms with Crippen molar-refractivity contribution < 1.29 is 4.79 Å². The van der Waals surface area contributed by atoms with E-state index in [2.05, 4.69) is 11.9 Å². The van der Waals surface area contributed by atoms with Crippen LogP contribution in [0.5, 0.6) is 0 Å². The highest BCUT2D eigenvalue weighted by molar-refractivity contribution is 7.18. The Morgan fingerprint density at radius 3 is 2.61 bits per heavy atom. The molecule has 100 valence electrons. The lowest BCUT2D eigenvalue weighted by Crippen LogP contribution is -2.28. The Kier molecular flexibility index (Phi) is 3.80. The highest BCUT2D eigenvalue weighted by Gasteiger charge is 2.22. The minimum atomic E-state index is -0.0132. The summed E-state index contributed by atoms with van der Waals surface area (Å²) in [5.41, 5.74) is 6.52. The van der Waals surface area contributed by atoms with Crippen LogP contribution < -0.4 is 10.6 Å². The van der Waals surface area contributed by atoms with Crippen molar-refractivity contribution in [3.8, 4) is 0 Å². The lowest BCUT2D eigenvalue weighted by atomic mass is 9.85. The minimum Gasteiger partial charge on any atom is -0.397 e. The molecule has 1 aliphatic rings. The maximum atomic E-state index is 11.9. The molecule has 1 saturated carbocycles. The average molecular weight is 267 g/mol. The Balaban J connectivity index is 2.09. The van der Waals surface area contributed by atoms with E-state index in [9.17, 15) is 4.79 Å². The van der Waals surface area contributed by atoms with E-state index >= 15 is 0 Å². The van der Waals surface area contributed by atoms with Gasteiger partial charge in [0.2, 0.25) is 0 Å². The zero-order valence-electron chi connectivity index (χ0n) is 11.3. The van der Waals surface area contributed by atoms with Gasteiger partial charge in [0.1, 0.15) is 4.88 Å². The predicted molar refractivity (Wildman–Crippen MR) is 77.4 cm³/mol. The van der Waals surface area contributed by atoms with Crippen molar-refractivity contribution >= 4 is 27.9 Å². The molecule has 0 aliphatic heterocycles. The number of anilines is 2. The first-order valence-corrected chi connectivity index (χ1v) is 7.12. The predicted octanol–water partition coefficient (Wildman–Crippen LogP) is 2.27. The fraction of sp³-hybridized carbons (Fsp3) is 0.615. The first kappa shape index (κ1) is 13.2. The third-order valence-electron chi connectivity index (χ3n) is 3.48. The van der Waals surface area contributed by atoms with E-state index in [-0.39, 0.29) is 5.91 Å². The maximum Gasteiger partial charge on any atom is 0.265 e. The van der Waals surface area contributed by atoms with Gasteiger partial charge in [0.25, 0.3) is 5.91 Å². The molecule has 0 aromatic carbocycles. The Morgan fingerprint density at radius 2 is 2.11 bits per heavy atom. The Labute approximate surface area is 112 Å². The van der Waals surface area contributed by atoms with Crippen LogP contribution in [0.15, 0.2) is 6.07 Å². The van der Waals surface area contributed by atoms with Gasteiger partial charge in [0.15, 0.2) is 0 Å². The van der Waals surface area contributed by atoms with E-state index in [1.165, 1.54) is 30.6 Å². The van der Waals surface area contributed by atoms with Crippen LogP contribution in [0.4, 0.5) is 10.7 Å². The summed E-state index contributed by atoms with van der Waals surface area (Å²) in [5, 5.41) is 1.09. The van der Waals surface area contributed by atoms with E-state index in [4.69, 9.17) is 5.73 Å². The van der Waals surface area contributed by atoms with Crippen LogP contribution in [0.3, 0.4) is 0 Å². The molecule has 1 heterocycles. The summed E-state index contributed by atoms with van der Waals surface area (Å²) < 4.78 is 0. The average Bonchev–Trinajstić information content (AvgIpc) is 2.64. The molecule has 0 saturated heterocycles. The smallest absolute Gasteiger partial charge is 0.265 e. The molecule has 1 aromatic heterocycles. The molecule has 18 heavy (non-hydrogen) atoms. The fourth-order valence-electron chi connectivity index (χ4n) is 2.10. The number of rotatable bonds is 4. The Morgan fingerprint density at radius 1 is 1.44 bits per heavy atom. The number of hydrogen-bond donors (Lipinski definition) is 1. The third-order valence-corrected chi connectivity index (χ3v) is 4.73. The van der Waals surface area contributed by atoms with E-state index in [0.717, 1.165) is 17.5 Å². The SMILES string of the molecule is CN(C)C(=O)c1sc(N(C)CC2CCC2)cc1N. The van der Waals surface area contributed by atoms with Gasteiger partial charge in [0.05, 0.1) is 10.7 Å². The van der Waals surface area contributed by atoms with Gasteiger partial charge in [-0.2, -0.15) is 0 Å². The Hall–Kier alpha value is -1.23. The number of nitrogen functional groups attached to an aromatic ring is 1. The zero-order chi connectivity index (χ0) is 13.3. The molecule has 1 aromatic rings. The summed E-state index contributed by atoms with van der Waals surface area (Å²) >= 11 is 1.49. The lowest BCUT2D eigenvalue weighted by Gasteiger charge is -2.30. The van der Waals surface area contributed by atoms with Crippen molar-refractivity contribution in [2.24, 2.45) is 5.92 Å². The second-order valence-electron chi connectivity index (χ2n) is 5.25. The molecule has 0 atom stereocenters. The van der Waals surface area contributed by atoms with Gasteiger partial charge < -0.3 is 15.5 Å². The first-order valence-electron chi connectivity index (χ1n) is 6.31.